The zero-order valence-corrected chi connectivity index (χ0v) is 18.4. The first-order valence-electron chi connectivity index (χ1n) is 11.3. The van der Waals surface area contributed by atoms with Gasteiger partial charge in [-0.25, -0.2) is 0 Å². The van der Waals surface area contributed by atoms with Crippen LogP contribution in [-0.4, -0.2) is 4.57 Å². The first kappa shape index (κ1) is 18.9. The van der Waals surface area contributed by atoms with Crippen LogP contribution in [0.2, 0.25) is 0 Å². The lowest BCUT2D eigenvalue weighted by Crippen LogP contribution is -1.93. The van der Waals surface area contributed by atoms with E-state index in [-0.39, 0.29) is 0 Å². The molecule has 1 nitrogen and oxygen atoms in total. The van der Waals surface area contributed by atoms with Crippen LogP contribution in [0.25, 0.3) is 49.4 Å². The van der Waals surface area contributed by atoms with Gasteiger partial charge in [-0.2, -0.15) is 0 Å². The van der Waals surface area contributed by atoms with Gasteiger partial charge in [-0.1, -0.05) is 92.7 Å². The Morgan fingerprint density at radius 2 is 1.19 bits per heavy atom. The Labute approximate surface area is 188 Å². The molecule has 0 saturated heterocycles. The average molecular weight is 412 g/mol. The fourth-order valence-electron chi connectivity index (χ4n) is 5.07. The summed E-state index contributed by atoms with van der Waals surface area (Å²) in [6.07, 6.45) is 0. The van der Waals surface area contributed by atoms with E-state index in [0.717, 1.165) is 0 Å². The van der Waals surface area contributed by atoms with E-state index in [1.807, 2.05) is 0 Å². The second kappa shape index (κ2) is 7.39. The van der Waals surface area contributed by atoms with Crippen LogP contribution in [0.5, 0.6) is 0 Å². The molecule has 0 unspecified atom stereocenters. The quantitative estimate of drug-likeness (QED) is 0.274. The number of aromatic nitrogens is 1. The minimum absolute atomic E-state index is 0.500. The normalized spacial score (nSPS) is 11.7. The van der Waals surface area contributed by atoms with Crippen molar-refractivity contribution < 1.29 is 0 Å². The summed E-state index contributed by atoms with van der Waals surface area (Å²) in [6, 6.07) is 39.7. The van der Waals surface area contributed by atoms with Gasteiger partial charge in [-0.3, -0.25) is 0 Å². The lowest BCUT2D eigenvalue weighted by molar-refractivity contribution is 0.876. The van der Waals surface area contributed by atoms with Crippen molar-refractivity contribution in [1.29, 1.82) is 0 Å². The Morgan fingerprint density at radius 1 is 0.531 bits per heavy atom. The van der Waals surface area contributed by atoms with E-state index in [1.165, 1.54) is 55.0 Å². The van der Waals surface area contributed by atoms with E-state index in [4.69, 9.17) is 0 Å². The first-order chi connectivity index (χ1) is 15.7. The average Bonchev–Trinajstić information content (AvgIpc) is 3.17. The van der Waals surface area contributed by atoms with Gasteiger partial charge in [-0.15, -0.1) is 0 Å². The summed E-state index contributed by atoms with van der Waals surface area (Å²) < 4.78 is 2.37. The number of fused-ring (bicyclic) bond motifs is 4. The molecule has 154 valence electrons. The van der Waals surface area contributed by atoms with Crippen molar-refractivity contribution in [2.75, 3.05) is 0 Å². The van der Waals surface area contributed by atoms with Crippen LogP contribution < -0.4 is 0 Å². The molecule has 32 heavy (non-hydrogen) atoms. The molecule has 0 bridgehead atoms. The molecular formula is C31H25N. The monoisotopic (exact) mass is 411 g/mol. The summed E-state index contributed by atoms with van der Waals surface area (Å²) in [6.45, 7) is 4.54. The Balaban J connectivity index is 1.64. The molecule has 6 aromatic rings. The lowest BCUT2D eigenvalue weighted by Gasteiger charge is -2.14. The molecule has 1 aromatic heterocycles. The molecule has 0 spiro atoms. The van der Waals surface area contributed by atoms with Gasteiger partial charge in [0.25, 0.3) is 0 Å². The van der Waals surface area contributed by atoms with Gasteiger partial charge in [0.15, 0.2) is 0 Å². The predicted molar refractivity (Wildman–Crippen MR) is 138 cm³/mol. The molecule has 0 aliphatic heterocycles. The Kier molecular flexibility index (Phi) is 4.36. The van der Waals surface area contributed by atoms with Gasteiger partial charge in [-0.05, 0) is 63.7 Å². The second-order valence-electron chi connectivity index (χ2n) is 8.82. The highest BCUT2D eigenvalue weighted by molar-refractivity contribution is 6.11. The third kappa shape index (κ3) is 2.85. The molecule has 0 aliphatic carbocycles. The fraction of sp³-hybridized carbons (Fsp3) is 0.0968. The molecule has 6 rings (SSSR count). The summed E-state index contributed by atoms with van der Waals surface area (Å²) in [7, 11) is 0. The van der Waals surface area contributed by atoms with E-state index in [1.54, 1.807) is 0 Å². The number of hydrogen-bond acceptors (Lipinski definition) is 0. The number of hydrogen-bond donors (Lipinski definition) is 0. The van der Waals surface area contributed by atoms with Crippen molar-refractivity contribution in [2.45, 2.75) is 19.8 Å². The summed E-state index contributed by atoms with van der Waals surface area (Å²) in [5, 5.41) is 5.26. The summed E-state index contributed by atoms with van der Waals surface area (Å²) in [4.78, 5) is 0. The second-order valence-corrected chi connectivity index (χ2v) is 8.82. The van der Waals surface area contributed by atoms with Crippen LogP contribution in [0, 0.1) is 0 Å². The highest BCUT2D eigenvalue weighted by atomic mass is 15.0. The van der Waals surface area contributed by atoms with Crippen LogP contribution in [-0.2, 0) is 0 Å². The minimum Gasteiger partial charge on any atom is -0.309 e. The van der Waals surface area contributed by atoms with E-state index in [9.17, 15) is 0 Å². The number of nitrogens with zero attached hydrogens (tertiary/aromatic N) is 1. The summed E-state index contributed by atoms with van der Waals surface area (Å²) in [5.41, 5.74) is 7.64. The first-order valence-corrected chi connectivity index (χ1v) is 11.3. The third-order valence-corrected chi connectivity index (χ3v) is 6.58. The Morgan fingerprint density at radius 3 is 1.97 bits per heavy atom. The molecule has 1 heteroatoms. The molecule has 0 N–H and O–H groups in total. The Hall–Kier alpha value is -3.84. The molecule has 0 aliphatic rings. The van der Waals surface area contributed by atoms with Crippen molar-refractivity contribution in [3.8, 4) is 16.8 Å². The third-order valence-electron chi connectivity index (χ3n) is 6.58. The molecule has 0 amide bonds. The van der Waals surface area contributed by atoms with Crippen molar-refractivity contribution in [2.24, 2.45) is 0 Å². The van der Waals surface area contributed by atoms with Crippen LogP contribution in [0.4, 0.5) is 0 Å². The maximum Gasteiger partial charge on any atom is 0.0541 e. The fourth-order valence-corrected chi connectivity index (χ4v) is 5.07. The van der Waals surface area contributed by atoms with Crippen molar-refractivity contribution in [3.05, 3.63) is 115 Å². The largest absolute Gasteiger partial charge is 0.309 e. The van der Waals surface area contributed by atoms with Crippen LogP contribution in [0.3, 0.4) is 0 Å². The predicted octanol–water partition coefficient (Wildman–Crippen LogP) is 8.73. The van der Waals surface area contributed by atoms with Gasteiger partial charge in [0.2, 0.25) is 0 Å². The number of para-hydroxylation sites is 2. The molecular weight excluding hydrogens is 386 g/mol. The molecule has 0 atom stereocenters. The maximum atomic E-state index is 2.37. The van der Waals surface area contributed by atoms with E-state index in [2.05, 4.69) is 128 Å². The molecule has 0 radical (unpaired) electrons. The highest BCUT2D eigenvalue weighted by Crippen LogP contribution is 2.38. The Bertz CT molecular complexity index is 1590. The van der Waals surface area contributed by atoms with Crippen molar-refractivity contribution >= 4 is 32.6 Å². The summed E-state index contributed by atoms with van der Waals surface area (Å²) >= 11 is 0. The molecule has 0 saturated carbocycles. The van der Waals surface area contributed by atoms with E-state index in [0.29, 0.717) is 5.92 Å². The van der Waals surface area contributed by atoms with Gasteiger partial charge >= 0.3 is 0 Å². The topological polar surface area (TPSA) is 4.93 Å². The van der Waals surface area contributed by atoms with Gasteiger partial charge in [0, 0.05) is 16.5 Å². The number of benzene rings is 5. The van der Waals surface area contributed by atoms with E-state index < -0.39 is 0 Å². The van der Waals surface area contributed by atoms with Crippen LogP contribution in [0.1, 0.15) is 25.3 Å². The van der Waals surface area contributed by atoms with Crippen molar-refractivity contribution in [1.82, 2.24) is 4.57 Å². The van der Waals surface area contributed by atoms with Crippen molar-refractivity contribution in [3.63, 3.8) is 0 Å². The zero-order valence-electron chi connectivity index (χ0n) is 18.4. The molecule has 1 heterocycles. The van der Waals surface area contributed by atoms with E-state index >= 15 is 0 Å². The number of rotatable bonds is 3. The maximum absolute atomic E-state index is 2.37. The van der Waals surface area contributed by atoms with Gasteiger partial charge < -0.3 is 4.57 Å². The molecule has 5 aromatic carbocycles. The smallest absolute Gasteiger partial charge is 0.0541 e. The minimum atomic E-state index is 0.500. The highest BCUT2D eigenvalue weighted by Gasteiger charge is 2.14. The lowest BCUT2D eigenvalue weighted by atomic mass is 9.90. The van der Waals surface area contributed by atoms with Crippen LogP contribution in [0.15, 0.2) is 109 Å². The van der Waals surface area contributed by atoms with Gasteiger partial charge in [0.05, 0.1) is 11.0 Å². The van der Waals surface area contributed by atoms with Crippen LogP contribution >= 0.6 is 0 Å². The summed E-state index contributed by atoms with van der Waals surface area (Å²) in [5.74, 6) is 0.500. The standard InChI is InChI=1S/C31H25N/c1-21(2)24-17-18-25(27-13-7-6-12-26(24)27)22-16-19-31-29(20-22)28-14-8-9-15-30(28)32(31)23-10-4-3-5-11-23/h3-21H,1-2H3. The molecule has 0 fully saturated rings. The SMILES string of the molecule is CC(C)c1ccc(-c2ccc3c(c2)c2ccccc2n3-c2ccccc2)c2ccccc12. The zero-order chi connectivity index (χ0) is 21.7. The van der Waals surface area contributed by atoms with Gasteiger partial charge in [0.1, 0.15) is 0 Å².